The molecule has 4 nitrogen and oxygen atoms in total. The van der Waals surface area contributed by atoms with Gasteiger partial charge in [-0.1, -0.05) is 29.8 Å². The van der Waals surface area contributed by atoms with Crippen LogP contribution in [0, 0.1) is 6.92 Å². The van der Waals surface area contributed by atoms with Crippen LogP contribution in [0.5, 0.6) is 0 Å². The van der Waals surface area contributed by atoms with Gasteiger partial charge in [0.2, 0.25) is 5.91 Å². The molecular formula is C18H19NO3S. The van der Waals surface area contributed by atoms with E-state index in [4.69, 9.17) is 10.5 Å². The van der Waals surface area contributed by atoms with E-state index >= 15 is 0 Å². The topological polar surface area (TPSA) is 69.4 Å². The molecule has 0 fully saturated rings. The van der Waals surface area contributed by atoms with E-state index in [0.717, 1.165) is 10.5 Å². The molecule has 0 saturated carbocycles. The van der Waals surface area contributed by atoms with Crippen molar-refractivity contribution in [3.63, 3.8) is 0 Å². The Morgan fingerprint density at radius 1 is 1.09 bits per heavy atom. The number of rotatable bonds is 6. The molecule has 23 heavy (non-hydrogen) atoms. The molecule has 0 aliphatic carbocycles. The zero-order valence-electron chi connectivity index (χ0n) is 13.1. The first-order valence-corrected chi connectivity index (χ1v) is 8.12. The van der Waals surface area contributed by atoms with Gasteiger partial charge in [0.25, 0.3) is 0 Å². The number of aryl methyl sites for hydroxylation is 1. The molecule has 2 N–H and O–H groups in total. The molecule has 1 atom stereocenters. The number of carbonyl (C=O) groups is 2. The molecule has 0 radical (unpaired) electrons. The minimum atomic E-state index is -0.475. The van der Waals surface area contributed by atoms with Gasteiger partial charge in [-0.3, -0.25) is 9.59 Å². The quantitative estimate of drug-likeness (QED) is 0.652. The number of carbonyl (C=O) groups excluding carboxylic acids is 2. The van der Waals surface area contributed by atoms with E-state index in [2.05, 4.69) is 0 Å². The lowest BCUT2D eigenvalue weighted by Crippen LogP contribution is -2.16. The van der Waals surface area contributed by atoms with Crippen LogP contribution < -0.4 is 5.73 Å². The van der Waals surface area contributed by atoms with E-state index in [9.17, 15) is 9.59 Å². The van der Waals surface area contributed by atoms with Gasteiger partial charge in [0.05, 0.1) is 0 Å². The number of thioether (sulfide) groups is 1. The normalized spacial score (nSPS) is 11.7. The fourth-order valence-electron chi connectivity index (χ4n) is 1.91. The predicted octanol–water partition coefficient (Wildman–Crippen LogP) is 3.32. The van der Waals surface area contributed by atoms with Gasteiger partial charge in [-0.2, -0.15) is 0 Å². The van der Waals surface area contributed by atoms with E-state index < -0.39 is 5.91 Å². The van der Waals surface area contributed by atoms with Crippen molar-refractivity contribution in [2.45, 2.75) is 30.6 Å². The Morgan fingerprint density at radius 3 is 2.26 bits per heavy atom. The summed E-state index contributed by atoms with van der Waals surface area (Å²) in [6.45, 7) is 4.02. The average molecular weight is 329 g/mol. The molecule has 5 heteroatoms. The van der Waals surface area contributed by atoms with Crippen molar-refractivity contribution < 1.29 is 14.3 Å². The molecule has 2 aromatic carbocycles. The Morgan fingerprint density at radius 2 is 1.70 bits per heavy atom. The van der Waals surface area contributed by atoms with Crippen LogP contribution in [0.25, 0.3) is 0 Å². The van der Waals surface area contributed by atoms with Crippen LogP contribution in [0.2, 0.25) is 0 Å². The van der Waals surface area contributed by atoms with E-state index in [1.165, 1.54) is 17.3 Å². The van der Waals surface area contributed by atoms with E-state index in [-0.39, 0.29) is 17.8 Å². The number of amides is 1. The summed E-state index contributed by atoms with van der Waals surface area (Å²) in [5.41, 5.74) is 7.61. The Hall–Kier alpha value is -2.27. The maximum atomic E-state index is 12.0. The molecular weight excluding hydrogens is 310 g/mol. The van der Waals surface area contributed by atoms with Crippen molar-refractivity contribution in [2.24, 2.45) is 5.73 Å². The van der Waals surface area contributed by atoms with Gasteiger partial charge in [-0.15, -0.1) is 11.8 Å². The molecule has 1 amide bonds. The third-order valence-electron chi connectivity index (χ3n) is 3.29. The predicted molar refractivity (Wildman–Crippen MR) is 91.3 cm³/mol. The lowest BCUT2D eigenvalue weighted by molar-refractivity contribution is -0.143. The minimum absolute atomic E-state index is 0.177. The maximum absolute atomic E-state index is 12.0. The molecule has 0 aromatic heterocycles. The second-order valence-electron chi connectivity index (χ2n) is 5.24. The molecule has 1 unspecified atom stereocenters. The summed E-state index contributed by atoms with van der Waals surface area (Å²) in [5, 5.41) is -0.289. The minimum Gasteiger partial charge on any atom is -0.460 e. The number of esters is 1. The summed E-state index contributed by atoms with van der Waals surface area (Å²) in [4.78, 5) is 24.1. The van der Waals surface area contributed by atoms with Gasteiger partial charge in [-0.25, -0.2) is 0 Å². The van der Waals surface area contributed by atoms with Gasteiger partial charge < -0.3 is 10.5 Å². The standard InChI is InChI=1S/C18H19NO3S/c1-12-3-9-16(10-4-12)23-13(2)18(21)22-11-14-5-7-15(8-6-14)17(19)20/h3-10,13H,11H2,1-2H3,(H2,19,20). The number of hydrogen-bond donors (Lipinski definition) is 1. The van der Waals surface area contributed by atoms with E-state index in [0.29, 0.717) is 5.56 Å². The van der Waals surface area contributed by atoms with Gasteiger partial charge in [0, 0.05) is 10.5 Å². The first-order chi connectivity index (χ1) is 11.0. The number of hydrogen-bond acceptors (Lipinski definition) is 4. The fraction of sp³-hybridized carbons (Fsp3) is 0.222. The molecule has 0 aliphatic rings. The van der Waals surface area contributed by atoms with Gasteiger partial charge in [0.15, 0.2) is 0 Å². The molecule has 0 heterocycles. The Kier molecular flexibility index (Phi) is 5.82. The van der Waals surface area contributed by atoms with Crippen molar-refractivity contribution in [3.8, 4) is 0 Å². The lowest BCUT2D eigenvalue weighted by atomic mass is 10.1. The first-order valence-electron chi connectivity index (χ1n) is 7.24. The van der Waals surface area contributed by atoms with Gasteiger partial charge in [0.1, 0.15) is 11.9 Å². The lowest BCUT2D eigenvalue weighted by Gasteiger charge is -2.11. The SMILES string of the molecule is Cc1ccc(SC(C)C(=O)OCc2ccc(C(N)=O)cc2)cc1. The summed E-state index contributed by atoms with van der Waals surface area (Å²) < 4.78 is 5.31. The van der Waals surface area contributed by atoms with Crippen molar-refractivity contribution in [2.75, 3.05) is 0 Å². The highest BCUT2D eigenvalue weighted by molar-refractivity contribution is 8.00. The average Bonchev–Trinajstić information content (AvgIpc) is 2.55. The molecule has 0 bridgehead atoms. The van der Waals surface area contributed by atoms with Crippen LogP contribution in [-0.4, -0.2) is 17.1 Å². The Balaban J connectivity index is 1.86. The van der Waals surface area contributed by atoms with Crippen LogP contribution in [0.4, 0.5) is 0 Å². The summed E-state index contributed by atoms with van der Waals surface area (Å²) in [5.74, 6) is -0.744. The van der Waals surface area contributed by atoms with Crippen molar-refractivity contribution in [1.29, 1.82) is 0 Å². The summed E-state index contributed by atoms with van der Waals surface area (Å²) in [6, 6.07) is 14.7. The highest BCUT2D eigenvalue weighted by atomic mass is 32.2. The second kappa shape index (κ2) is 7.83. The number of primary amides is 1. The highest BCUT2D eigenvalue weighted by Crippen LogP contribution is 2.24. The number of benzene rings is 2. The summed E-state index contributed by atoms with van der Waals surface area (Å²) in [7, 11) is 0. The van der Waals surface area contributed by atoms with E-state index in [1.807, 2.05) is 38.1 Å². The Bertz CT molecular complexity index is 680. The molecule has 2 rings (SSSR count). The summed E-state index contributed by atoms with van der Waals surface area (Å²) >= 11 is 1.47. The largest absolute Gasteiger partial charge is 0.460 e. The van der Waals surface area contributed by atoms with Crippen LogP contribution >= 0.6 is 11.8 Å². The van der Waals surface area contributed by atoms with Crippen LogP contribution in [0.15, 0.2) is 53.4 Å². The zero-order chi connectivity index (χ0) is 16.8. The van der Waals surface area contributed by atoms with E-state index in [1.54, 1.807) is 24.3 Å². The molecule has 120 valence electrons. The Labute approximate surface area is 140 Å². The second-order valence-corrected chi connectivity index (χ2v) is 6.66. The monoisotopic (exact) mass is 329 g/mol. The fourth-order valence-corrected chi connectivity index (χ4v) is 2.77. The smallest absolute Gasteiger partial charge is 0.319 e. The molecule has 0 spiro atoms. The third-order valence-corrected chi connectivity index (χ3v) is 4.38. The van der Waals surface area contributed by atoms with Crippen LogP contribution in [0.1, 0.15) is 28.4 Å². The van der Waals surface area contributed by atoms with Crippen LogP contribution in [0.3, 0.4) is 0 Å². The number of ether oxygens (including phenoxy) is 1. The van der Waals surface area contributed by atoms with Crippen molar-refractivity contribution >= 4 is 23.6 Å². The van der Waals surface area contributed by atoms with Crippen LogP contribution in [-0.2, 0) is 16.1 Å². The third kappa shape index (κ3) is 5.14. The first kappa shape index (κ1) is 17.1. The van der Waals surface area contributed by atoms with Gasteiger partial charge >= 0.3 is 5.97 Å². The summed E-state index contributed by atoms with van der Waals surface area (Å²) in [6.07, 6.45) is 0. The molecule has 0 aliphatic heterocycles. The van der Waals surface area contributed by atoms with Gasteiger partial charge in [-0.05, 0) is 43.7 Å². The van der Waals surface area contributed by atoms with Crippen molar-refractivity contribution in [3.05, 3.63) is 65.2 Å². The molecule has 2 aromatic rings. The zero-order valence-corrected chi connectivity index (χ0v) is 13.9. The maximum Gasteiger partial charge on any atom is 0.319 e. The highest BCUT2D eigenvalue weighted by Gasteiger charge is 2.16. The van der Waals surface area contributed by atoms with Crippen molar-refractivity contribution in [1.82, 2.24) is 0 Å². The molecule has 0 saturated heterocycles. The number of nitrogens with two attached hydrogens (primary N) is 1.